The van der Waals surface area contributed by atoms with Crippen molar-refractivity contribution in [2.45, 2.75) is 6.54 Å². The van der Waals surface area contributed by atoms with E-state index < -0.39 is 5.78 Å². The highest BCUT2D eigenvalue weighted by Gasteiger charge is 2.27. The number of rotatable bonds is 5. The molecule has 5 aromatic rings. The predicted octanol–water partition coefficient (Wildman–Crippen LogP) is 6.33. The summed E-state index contributed by atoms with van der Waals surface area (Å²) in [6.45, 7) is 0.435. The fourth-order valence-electron chi connectivity index (χ4n) is 3.45. The molecular weight excluding hydrogens is 471 g/mol. The summed E-state index contributed by atoms with van der Waals surface area (Å²) < 4.78 is 7.44. The summed E-state index contributed by atoms with van der Waals surface area (Å²) in [7, 11) is 0. The van der Waals surface area contributed by atoms with E-state index in [2.05, 4.69) is 15.2 Å². The van der Waals surface area contributed by atoms with Crippen molar-refractivity contribution < 1.29 is 9.21 Å². The average Bonchev–Trinajstić information content (AvgIpc) is 3.39. The number of carbonyl (C=O) groups excluding carboxylic acids is 1. The van der Waals surface area contributed by atoms with Gasteiger partial charge in [0, 0.05) is 28.2 Å². The molecule has 6 nitrogen and oxygen atoms in total. The molecule has 0 aliphatic heterocycles. The fourth-order valence-corrected chi connectivity index (χ4v) is 4.09. The molecule has 0 spiro atoms. The Hall–Kier alpha value is -3.19. The number of fused-ring (bicyclic) bond motifs is 1. The summed E-state index contributed by atoms with van der Waals surface area (Å²) in [5, 5.41) is 9.84. The molecule has 2 aromatic carbocycles. The van der Waals surface area contributed by atoms with Gasteiger partial charge in [-0.3, -0.25) is 9.78 Å². The van der Waals surface area contributed by atoms with Crippen LogP contribution < -0.4 is 0 Å². The second kappa shape index (κ2) is 8.39. The minimum absolute atomic E-state index is 0.146. The van der Waals surface area contributed by atoms with Crippen LogP contribution in [0.2, 0.25) is 15.2 Å². The first-order valence-corrected chi connectivity index (χ1v) is 10.7. The molecule has 0 amide bonds. The summed E-state index contributed by atoms with van der Waals surface area (Å²) in [6, 6.07) is 18.0. The van der Waals surface area contributed by atoms with E-state index >= 15 is 0 Å². The van der Waals surface area contributed by atoms with Crippen LogP contribution in [-0.4, -0.2) is 25.5 Å². The van der Waals surface area contributed by atoms with E-state index in [4.69, 9.17) is 39.2 Å². The minimum Gasteiger partial charge on any atom is -0.412 e. The Morgan fingerprint density at radius 3 is 2.47 bits per heavy atom. The van der Waals surface area contributed by atoms with Gasteiger partial charge < -0.3 is 8.98 Å². The number of halogens is 3. The van der Waals surface area contributed by atoms with Crippen molar-refractivity contribution in [1.82, 2.24) is 19.7 Å². The number of pyridine rings is 1. The van der Waals surface area contributed by atoms with Crippen molar-refractivity contribution in [3.63, 3.8) is 0 Å². The van der Waals surface area contributed by atoms with Crippen molar-refractivity contribution in [3.8, 4) is 11.6 Å². The normalized spacial score (nSPS) is 11.2. The third-order valence-electron chi connectivity index (χ3n) is 4.95. The van der Waals surface area contributed by atoms with Gasteiger partial charge in [0.05, 0.1) is 11.1 Å². The van der Waals surface area contributed by atoms with Gasteiger partial charge >= 0.3 is 0 Å². The lowest BCUT2D eigenvalue weighted by Crippen LogP contribution is -2.04. The summed E-state index contributed by atoms with van der Waals surface area (Å²) in [5.74, 6) is -0.530. The smallest absolute Gasteiger partial charge is 0.289 e. The predicted molar refractivity (Wildman–Crippen MR) is 123 cm³/mol. The molecule has 0 unspecified atom stereocenters. The van der Waals surface area contributed by atoms with Crippen LogP contribution >= 0.6 is 34.8 Å². The summed E-state index contributed by atoms with van der Waals surface area (Å²) >= 11 is 19.0. The van der Waals surface area contributed by atoms with Crippen LogP contribution in [0.5, 0.6) is 0 Å². The topological polar surface area (TPSA) is 73.8 Å². The molecule has 9 heteroatoms. The molecule has 32 heavy (non-hydrogen) atoms. The van der Waals surface area contributed by atoms with Crippen LogP contribution in [0.4, 0.5) is 0 Å². The highest BCUT2D eigenvalue weighted by atomic mass is 35.5. The zero-order chi connectivity index (χ0) is 22.2. The maximum absolute atomic E-state index is 13.4. The number of benzene rings is 2. The van der Waals surface area contributed by atoms with E-state index in [0.717, 1.165) is 11.1 Å². The minimum atomic E-state index is -0.494. The van der Waals surface area contributed by atoms with Crippen LogP contribution in [-0.2, 0) is 6.54 Å². The van der Waals surface area contributed by atoms with Crippen molar-refractivity contribution in [2.75, 3.05) is 0 Å². The molecule has 0 atom stereocenters. The van der Waals surface area contributed by atoms with E-state index in [-0.39, 0.29) is 22.5 Å². The van der Waals surface area contributed by atoms with Crippen molar-refractivity contribution in [2.24, 2.45) is 0 Å². The molecule has 3 aromatic heterocycles. The van der Waals surface area contributed by atoms with Gasteiger partial charge in [-0.05, 0) is 48.0 Å². The zero-order valence-electron chi connectivity index (χ0n) is 16.3. The summed E-state index contributed by atoms with van der Waals surface area (Å²) in [6.07, 6.45) is 1.60. The molecule has 0 radical (unpaired) electrons. The number of carbonyl (C=O) groups is 1. The first-order chi connectivity index (χ1) is 15.5. The van der Waals surface area contributed by atoms with E-state index in [9.17, 15) is 4.79 Å². The van der Waals surface area contributed by atoms with Gasteiger partial charge in [-0.15, -0.1) is 10.2 Å². The molecule has 0 aliphatic rings. The molecule has 0 saturated carbocycles. The Labute approximate surface area is 197 Å². The van der Waals surface area contributed by atoms with Gasteiger partial charge in [0.25, 0.3) is 17.6 Å². The zero-order valence-corrected chi connectivity index (χ0v) is 18.6. The van der Waals surface area contributed by atoms with Crippen LogP contribution in [0.1, 0.15) is 21.8 Å². The average molecular weight is 484 g/mol. The van der Waals surface area contributed by atoms with E-state index in [1.807, 2.05) is 22.8 Å². The van der Waals surface area contributed by atoms with Gasteiger partial charge in [0.2, 0.25) is 0 Å². The number of ketones is 1. The molecule has 5 rings (SSSR count). The SMILES string of the molecule is O=C(c1nnc(-c2ccccn2)o1)c1c(Cl)n(Cc2ccc(Cl)cc2)c2ccc(Cl)cc12. The second-order valence-corrected chi connectivity index (χ2v) is 8.23. The van der Waals surface area contributed by atoms with Gasteiger partial charge in [-0.2, -0.15) is 0 Å². The molecular formula is C23H13Cl3N4O2. The highest BCUT2D eigenvalue weighted by Crippen LogP contribution is 2.34. The number of hydrogen-bond acceptors (Lipinski definition) is 5. The molecule has 0 fully saturated rings. The molecule has 0 aliphatic carbocycles. The second-order valence-electron chi connectivity index (χ2n) is 7.00. The van der Waals surface area contributed by atoms with Crippen molar-refractivity contribution in [3.05, 3.63) is 99.1 Å². The Balaban J connectivity index is 1.60. The van der Waals surface area contributed by atoms with E-state index in [1.165, 1.54) is 0 Å². The molecule has 158 valence electrons. The molecule has 0 bridgehead atoms. The standard InChI is InChI=1S/C23H13Cl3N4O2/c24-14-6-4-13(5-7-14)12-30-18-9-8-15(25)11-16(18)19(21(30)26)20(31)23-29-28-22(32-23)17-3-1-2-10-27-17/h1-11H,12H2. The van der Waals surface area contributed by atoms with Gasteiger partial charge in [-0.25, -0.2) is 0 Å². The number of hydrogen-bond donors (Lipinski definition) is 0. The lowest BCUT2D eigenvalue weighted by molar-refractivity contribution is 0.100. The quantitative estimate of drug-likeness (QED) is 0.273. The number of nitrogens with zero attached hydrogens (tertiary/aromatic N) is 4. The number of aromatic nitrogens is 4. The van der Waals surface area contributed by atoms with Crippen molar-refractivity contribution >= 4 is 51.5 Å². The van der Waals surface area contributed by atoms with Crippen LogP contribution in [0.3, 0.4) is 0 Å². The maximum atomic E-state index is 13.4. The monoisotopic (exact) mass is 482 g/mol. The van der Waals surface area contributed by atoms with Crippen LogP contribution in [0.25, 0.3) is 22.5 Å². The summed E-state index contributed by atoms with van der Waals surface area (Å²) in [5.41, 5.74) is 2.44. The Kier molecular flexibility index (Phi) is 5.43. The maximum Gasteiger partial charge on any atom is 0.289 e. The van der Waals surface area contributed by atoms with E-state index in [0.29, 0.717) is 27.7 Å². The fraction of sp³-hybridized carbons (Fsp3) is 0.0435. The Morgan fingerprint density at radius 2 is 1.72 bits per heavy atom. The third kappa shape index (κ3) is 3.77. The third-order valence-corrected chi connectivity index (χ3v) is 5.83. The lowest BCUT2D eigenvalue weighted by atomic mass is 10.1. The first kappa shape index (κ1) is 20.7. The first-order valence-electron chi connectivity index (χ1n) is 9.52. The largest absolute Gasteiger partial charge is 0.412 e. The van der Waals surface area contributed by atoms with Gasteiger partial charge in [0.15, 0.2) is 0 Å². The van der Waals surface area contributed by atoms with Crippen molar-refractivity contribution in [1.29, 1.82) is 0 Å². The van der Waals surface area contributed by atoms with E-state index in [1.54, 1.807) is 48.7 Å². The molecule has 0 saturated heterocycles. The van der Waals surface area contributed by atoms with Gasteiger partial charge in [0.1, 0.15) is 10.8 Å². The molecule has 3 heterocycles. The summed E-state index contributed by atoms with van der Waals surface area (Å²) in [4.78, 5) is 17.5. The highest BCUT2D eigenvalue weighted by molar-refractivity contribution is 6.37. The van der Waals surface area contributed by atoms with Crippen LogP contribution in [0, 0.1) is 0 Å². The van der Waals surface area contributed by atoms with Gasteiger partial charge in [-0.1, -0.05) is 53.0 Å². The Bertz CT molecular complexity index is 1440. The lowest BCUT2D eigenvalue weighted by Gasteiger charge is -2.08. The Morgan fingerprint density at radius 1 is 0.938 bits per heavy atom. The molecule has 0 N–H and O–H groups in total. The van der Waals surface area contributed by atoms with Crippen LogP contribution in [0.15, 0.2) is 71.3 Å².